The average molecular weight is 420 g/mol. The van der Waals surface area contributed by atoms with Gasteiger partial charge in [-0.3, -0.25) is 9.59 Å². The van der Waals surface area contributed by atoms with Crippen molar-refractivity contribution in [3.05, 3.63) is 27.7 Å². The van der Waals surface area contributed by atoms with Crippen molar-refractivity contribution in [3.8, 4) is 5.75 Å². The predicted molar refractivity (Wildman–Crippen MR) is 94.3 cm³/mol. The third-order valence-electron chi connectivity index (χ3n) is 3.66. The van der Waals surface area contributed by atoms with Crippen LogP contribution >= 0.6 is 27.5 Å². The minimum atomic E-state index is -0.718. The maximum atomic E-state index is 12.4. The van der Waals surface area contributed by atoms with Gasteiger partial charge in [-0.1, -0.05) is 11.6 Å². The van der Waals surface area contributed by atoms with Crippen molar-refractivity contribution in [2.75, 3.05) is 39.9 Å². The molecule has 132 valence electrons. The number of rotatable bonds is 5. The van der Waals surface area contributed by atoms with E-state index in [4.69, 9.17) is 21.1 Å². The molecule has 2 amide bonds. The Morgan fingerprint density at radius 1 is 1.42 bits per heavy atom. The molecule has 24 heavy (non-hydrogen) atoms. The van der Waals surface area contributed by atoms with Gasteiger partial charge in [0.05, 0.1) is 24.2 Å². The first-order chi connectivity index (χ1) is 11.4. The molecule has 1 saturated heterocycles. The molecule has 0 saturated carbocycles. The minimum Gasteiger partial charge on any atom is -0.480 e. The molecule has 0 bridgehead atoms. The van der Waals surface area contributed by atoms with Crippen LogP contribution in [-0.4, -0.2) is 67.6 Å². The van der Waals surface area contributed by atoms with Crippen molar-refractivity contribution in [2.45, 2.75) is 13.0 Å². The lowest BCUT2D eigenvalue weighted by atomic mass is 10.3. The minimum absolute atomic E-state index is 0.0221. The zero-order valence-corrected chi connectivity index (χ0v) is 16.0. The second-order valence-corrected chi connectivity index (χ2v) is 6.81. The van der Waals surface area contributed by atoms with Crippen LogP contribution in [0.5, 0.6) is 5.75 Å². The van der Waals surface area contributed by atoms with E-state index >= 15 is 0 Å². The largest absolute Gasteiger partial charge is 0.480 e. The molecule has 1 fully saturated rings. The summed E-state index contributed by atoms with van der Waals surface area (Å²) in [5.41, 5.74) is 0. The van der Waals surface area contributed by atoms with Crippen LogP contribution in [-0.2, 0) is 14.3 Å². The van der Waals surface area contributed by atoms with Crippen molar-refractivity contribution in [3.63, 3.8) is 0 Å². The standard InChI is InChI=1S/C16H20BrClN2O4/c1-11(24-14-4-3-12(18)9-13(14)17)16(22)19(2)10-15(21)20-5-7-23-8-6-20/h3-4,9,11H,5-8,10H2,1-2H3. The fourth-order valence-corrected chi connectivity index (χ4v) is 3.09. The van der Waals surface area contributed by atoms with Crippen molar-refractivity contribution in [2.24, 2.45) is 0 Å². The van der Waals surface area contributed by atoms with Gasteiger partial charge in [0, 0.05) is 25.2 Å². The van der Waals surface area contributed by atoms with E-state index in [0.717, 1.165) is 0 Å². The zero-order valence-electron chi connectivity index (χ0n) is 13.6. The van der Waals surface area contributed by atoms with Crippen LogP contribution in [0.2, 0.25) is 5.02 Å². The molecular formula is C16H20BrClN2O4. The molecule has 1 heterocycles. The summed E-state index contributed by atoms with van der Waals surface area (Å²) in [5.74, 6) is 0.167. The normalized spacial score (nSPS) is 15.8. The third kappa shape index (κ3) is 5.09. The number of nitrogens with zero attached hydrogens (tertiary/aromatic N) is 2. The number of carbonyl (C=O) groups is 2. The molecule has 1 atom stereocenters. The summed E-state index contributed by atoms with van der Waals surface area (Å²) in [4.78, 5) is 27.7. The Hall–Kier alpha value is -1.31. The number of benzene rings is 1. The molecule has 0 aliphatic carbocycles. The molecule has 1 aliphatic rings. The molecule has 8 heteroatoms. The lowest BCUT2D eigenvalue weighted by Crippen LogP contribution is -2.48. The fraction of sp³-hybridized carbons (Fsp3) is 0.500. The molecule has 6 nitrogen and oxygen atoms in total. The van der Waals surface area contributed by atoms with E-state index < -0.39 is 6.10 Å². The SMILES string of the molecule is CC(Oc1ccc(Cl)cc1Br)C(=O)N(C)CC(=O)N1CCOCC1. The Balaban J connectivity index is 1.90. The number of carbonyl (C=O) groups excluding carboxylic acids is 2. The number of amides is 2. The lowest BCUT2D eigenvalue weighted by Gasteiger charge is -2.29. The van der Waals surface area contributed by atoms with Crippen LogP contribution in [0, 0.1) is 0 Å². The van der Waals surface area contributed by atoms with Gasteiger partial charge >= 0.3 is 0 Å². The first-order valence-corrected chi connectivity index (χ1v) is 8.78. The highest BCUT2D eigenvalue weighted by molar-refractivity contribution is 9.10. The summed E-state index contributed by atoms with van der Waals surface area (Å²) in [7, 11) is 1.59. The number of hydrogen-bond donors (Lipinski definition) is 0. The number of halogens is 2. The van der Waals surface area contributed by atoms with Crippen LogP contribution in [0.3, 0.4) is 0 Å². The molecule has 1 unspecified atom stereocenters. The lowest BCUT2D eigenvalue weighted by molar-refractivity contribution is -0.144. The Kier molecular flexibility index (Phi) is 6.89. The summed E-state index contributed by atoms with van der Waals surface area (Å²) in [6.45, 7) is 3.86. The average Bonchev–Trinajstić information content (AvgIpc) is 2.57. The van der Waals surface area contributed by atoms with E-state index in [1.165, 1.54) is 4.90 Å². The second kappa shape index (κ2) is 8.69. The Labute approximate surface area is 154 Å². The monoisotopic (exact) mass is 418 g/mol. The number of likely N-dealkylation sites (N-methyl/N-ethyl adjacent to an activating group) is 1. The molecule has 0 spiro atoms. The number of ether oxygens (including phenoxy) is 2. The van der Waals surface area contributed by atoms with E-state index in [0.29, 0.717) is 41.5 Å². The van der Waals surface area contributed by atoms with Crippen LogP contribution in [0.1, 0.15) is 6.92 Å². The van der Waals surface area contributed by atoms with Gasteiger partial charge in [0.25, 0.3) is 5.91 Å². The molecule has 0 radical (unpaired) electrons. The van der Waals surface area contributed by atoms with Gasteiger partial charge in [0.2, 0.25) is 5.91 Å². The summed E-state index contributed by atoms with van der Waals surface area (Å²) in [6.07, 6.45) is -0.718. The van der Waals surface area contributed by atoms with Gasteiger partial charge in [0.15, 0.2) is 6.10 Å². The molecule has 2 rings (SSSR count). The predicted octanol–water partition coefficient (Wildman–Crippen LogP) is 2.19. The maximum absolute atomic E-state index is 12.4. The van der Waals surface area contributed by atoms with E-state index in [1.807, 2.05) is 0 Å². The highest BCUT2D eigenvalue weighted by atomic mass is 79.9. The quantitative estimate of drug-likeness (QED) is 0.734. The molecule has 0 N–H and O–H groups in total. The van der Waals surface area contributed by atoms with E-state index in [-0.39, 0.29) is 18.4 Å². The first-order valence-electron chi connectivity index (χ1n) is 7.60. The van der Waals surface area contributed by atoms with E-state index in [9.17, 15) is 9.59 Å². The van der Waals surface area contributed by atoms with Crippen LogP contribution < -0.4 is 4.74 Å². The van der Waals surface area contributed by atoms with Gasteiger partial charge in [-0.25, -0.2) is 0 Å². The third-order valence-corrected chi connectivity index (χ3v) is 4.51. The summed E-state index contributed by atoms with van der Waals surface area (Å²) in [5, 5.41) is 0.571. The van der Waals surface area contributed by atoms with Crippen molar-refractivity contribution < 1.29 is 19.1 Å². The van der Waals surface area contributed by atoms with Gasteiger partial charge in [0.1, 0.15) is 5.75 Å². The van der Waals surface area contributed by atoms with Gasteiger partial charge < -0.3 is 19.3 Å². The molecule has 1 aromatic carbocycles. The molecule has 1 aliphatic heterocycles. The first kappa shape index (κ1) is 19.0. The van der Waals surface area contributed by atoms with Crippen molar-refractivity contribution in [1.29, 1.82) is 0 Å². The van der Waals surface area contributed by atoms with E-state index in [2.05, 4.69) is 15.9 Å². The van der Waals surface area contributed by atoms with Crippen molar-refractivity contribution >= 4 is 39.3 Å². The van der Waals surface area contributed by atoms with Crippen molar-refractivity contribution in [1.82, 2.24) is 9.80 Å². The van der Waals surface area contributed by atoms with Gasteiger partial charge in [-0.05, 0) is 41.1 Å². The van der Waals surface area contributed by atoms with Crippen LogP contribution in [0.4, 0.5) is 0 Å². The molecule has 1 aromatic rings. The highest BCUT2D eigenvalue weighted by Crippen LogP contribution is 2.28. The second-order valence-electron chi connectivity index (χ2n) is 5.52. The van der Waals surface area contributed by atoms with Crippen LogP contribution in [0.15, 0.2) is 22.7 Å². The number of morpholine rings is 1. The highest BCUT2D eigenvalue weighted by Gasteiger charge is 2.24. The molecule has 0 aromatic heterocycles. The zero-order chi connectivity index (χ0) is 17.7. The summed E-state index contributed by atoms with van der Waals surface area (Å²) >= 11 is 9.23. The van der Waals surface area contributed by atoms with E-state index in [1.54, 1.807) is 37.1 Å². The molecular weight excluding hydrogens is 400 g/mol. The fourth-order valence-electron chi connectivity index (χ4n) is 2.32. The number of hydrogen-bond acceptors (Lipinski definition) is 4. The summed E-state index contributed by atoms with van der Waals surface area (Å²) in [6, 6.07) is 5.07. The Bertz CT molecular complexity index is 608. The Morgan fingerprint density at radius 3 is 2.71 bits per heavy atom. The van der Waals surface area contributed by atoms with Gasteiger partial charge in [-0.2, -0.15) is 0 Å². The Morgan fingerprint density at radius 2 is 2.08 bits per heavy atom. The van der Waals surface area contributed by atoms with Gasteiger partial charge in [-0.15, -0.1) is 0 Å². The summed E-state index contributed by atoms with van der Waals surface area (Å²) < 4.78 is 11.6. The maximum Gasteiger partial charge on any atom is 0.263 e. The van der Waals surface area contributed by atoms with Crippen LogP contribution in [0.25, 0.3) is 0 Å². The smallest absolute Gasteiger partial charge is 0.263 e. The topological polar surface area (TPSA) is 59.1 Å².